The number of nitrogens with two attached hydrogens (primary N) is 1. The Balaban J connectivity index is 2.40. The van der Waals surface area contributed by atoms with Crippen molar-refractivity contribution in [3.8, 4) is 0 Å². The number of hydrogen-bond donors (Lipinski definition) is 1. The van der Waals surface area contributed by atoms with Gasteiger partial charge in [-0.1, -0.05) is 12.1 Å². The van der Waals surface area contributed by atoms with Crippen LogP contribution in [0.2, 0.25) is 0 Å². The van der Waals surface area contributed by atoms with Gasteiger partial charge in [0.25, 0.3) is 0 Å². The van der Waals surface area contributed by atoms with E-state index in [1.807, 2.05) is 6.92 Å². The summed E-state index contributed by atoms with van der Waals surface area (Å²) in [5.74, 6) is 1.01. The molecule has 0 aliphatic heterocycles. The first-order valence-electron chi connectivity index (χ1n) is 4.39. The molecule has 0 aromatic carbocycles. The van der Waals surface area contributed by atoms with Crippen LogP contribution in [0.1, 0.15) is 38.0 Å². The molecule has 1 aromatic heterocycles. The molecule has 1 rings (SSSR count). The predicted octanol–water partition coefficient (Wildman–Crippen LogP) is 1.02. The van der Waals surface area contributed by atoms with Gasteiger partial charge in [-0.05, 0) is 13.3 Å². The lowest BCUT2D eigenvalue weighted by molar-refractivity contribution is 0.114. The van der Waals surface area contributed by atoms with Gasteiger partial charge in [0.1, 0.15) is 6.61 Å². The van der Waals surface area contributed by atoms with Gasteiger partial charge in [-0.3, -0.25) is 0 Å². The molecular weight excluding hydrogens is 170 g/mol. The maximum atomic E-state index is 5.54. The van der Waals surface area contributed by atoms with Crippen LogP contribution in [-0.4, -0.2) is 16.7 Å². The van der Waals surface area contributed by atoms with Crippen molar-refractivity contribution in [1.29, 1.82) is 0 Å². The van der Waals surface area contributed by atoms with E-state index in [1.165, 1.54) is 0 Å². The van der Waals surface area contributed by atoms with E-state index in [2.05, 4.69) is 10.1 Å². The van der Waals surface area contributed by atoms with Crippen LogP contribution in [0.5, 0.6) is 0 Å². The average molecular weight is 185 g/mol. The molecule has 13 heavy (non-hydrogen) atoms. The molecule has 0 bridgehead atoms. The third-order valence-corrected chi connectivity index (χ3v) is 1.45. The lowest BCUT2D eigenvalue weighted by Crippen LogP contribution is -2.05. The van der Waals surface area contributed by atoms with Gasteiger partial charge in [0, 0.05) is 6.61 Å². The molecule has 1 heterocycles. The number of aromatic nitrogens is 2. The molecule has 0 fully saturated rings. The van der Waals surface area contributed by atoms with Gasteiger partial charge in [-0.15, -0.1) is 0 Å². The van der Waals surface area contributed by atoms with Gasteiger partial charge in [0.2, 0.25) is 5.89 Å². The van der Waals surface area contributed by atoms with E-state index in [9.17, 15) is 0 Å². The zero-order valence-electron chi connectivity index (χ0n) is 7.99. The van der Waals surface area contributed by atoms with Gasteiger partial charge in [-0.2, -0.15) is 4.98 Å². The molecule has 0 aliphatic rings. The Hall–Kier alpha value is -0.940. The van der Waals surface area contributed by atoms with Crippen molar-refractivity contribution in [2.75, 3.05) is 6.61 Å². The van der Waals surface area contributed by atoms with E-state index in [1.54, 1.807) is 6.92 Å². The van der Waals surface area contributed by atoms with E-state index < -0.39 is 0 Å². The van der Waals surface area contributed by atoms with Crippen LogP contribution in [-0.2, 0) is 11.3 Å². The standard InChI is InChI=1S/C8H15N3O2/c1-3-4-12-5-7-10-8(6(2)9)13-11-7/h6H,3-5,9H2,1-2H3/t6-/m0/s1. The lowest BCUT2D eigenvalue weighted by Gasteiger charge is -1.96. The van der Waals surface area contributed by atoms with Gasteiger partial charge >= 0.3 is 0 Å². The fraction of sp³-hybridized carbons (Fsp3) is 0.750. The van der Waals surface area contributed by atoms with Crippen molar-refractivity contribution in [1.82, 2.24) is 10.1 Å². The number of hydrogen-bond acceptors (Lipinski definition) is 5. The van der Waals surface area contributed by atoms with Crippen LogP contribution in [0.4, 0.5) is 0 Å². The van der Waals surface area contributed by atoms with Crippen LogP contribution >= 0.6 is 0 Å². The Bertz CT molecular complexity index is 247. The van der Waals surface area contributed by atoms with Crippen LogP contribution in [0, 0.1) is 0 Å². The van der Waals surface area contributed by atoms with E-state index in [-0.39, 0.29) is 6.04 Å². The molecule has 5 nitrogen and oxygen atoms in total. The molecule has 2 N–H and O–H groups in total. The molecular formula is C8H15N3O2. The Morgan fingerprint density at radius 3 is 2.92 bits per heavy atom. The fourth-order valence-electron chi connectivity index (χ4n) is 0.819. The summed E-state index contributed by atoms with van der Waals surface area (Å²) in [5, 5.41) is 3.72. The third kappa shape index (κ3) is 3.12. The van der Waals surface area contributed by atoms with Gasteiger partial charge in [0.15, 0.2) is 5.82 Å². The monoisotopic (exact) mass is 185 g/mol. The minimum absolute atomic E-state index is 0.215. The lowest BCUT2D eigenvalue weighted by atomic mass is 10.4. The second-order valence-corrected chi connectivity index (χ2v) is 2.89. The van der Waals surface area contributed by atoms with Crippen LogP contribution in [0.3, 0.4) is 0 Å². The van der Waals surface area contributed by atoms with Crippen molar-refractivity contribution in [3.63, 3.8) is 0 Å². The summed E-state index contributed by atoms with van der Waals surface area (Å²) in [6, 6.07) is -0.215. The molecule has 74 valence electrons. The van der Waals surface area contributed by atoms with E-state index in [0.29, 0.717) is 24.9 Å². The third-order valence-electron chi connectivity index (χ3n) is 1.45. The largest absolute Gasteiger partial charge is 0.373 e. The molecule has 1 atom stereocenters. The molecule has 5 heteroatoms. The quantitative estimate of drug-likeness (QED) is 0.693. The zero-order valence-corrected chi connectivity index (χ0v) is 7.99. The molecule has 1 aromatic rings. The summed E-state index contributed by atoms with van der Waals surface area (Å²) in [6.07, 6.45) is 0.984. The Labute approximate surface area is 77.3 Å². The highest BCUT2D eigenvalue weighted by atomic mass is 16.5. The molecule has 0 saturated heterocycles. The zero-order chi connectivity index (χ0) is 9.68. The SMILES string of the molecule is CCCOCc1noc([C@H](C)N)n1. The summed E-state index contributed by atoms with van der Waals surface area (Å²) in [6.45, 7) is 4.94. The first-order valence-corrected chi connectivity index (χ1v) is 4.39. The van der Waals surface area contributed by atoms with Crippen molar-refractivity contribution in [3.05, 3.63) is 11.7 Å². The van der Waals surface area contributed by atoms with Gasteiger partial charge in [0.05, 0.1) is 6.04 Å². The van der Waals surface area contributed by atoms with Crippen LogP contribution in [0.15, 0.2) is 4.52 Å². The van der Waals surface area contributed by atoms with Crippen molar-refractivity contribution in [2.45, 2.75) is 32.9 Å². The smallest absolute Gasteiger partial charge is 0.243 e. The van der Waals surface area contributed by atoms with Gasteiger partial charge in [-0.25, -0.2) is 0 Å². The van der Waals surface area contributed by atoms with E-state index in [0.717, 1.165) is 6.42 Å². The number of nitrogens with zero attached hydrogens (tertiary/aromatic N) is 2. The van der Waals surface area contributed by atoms with Crippen molar-refractivity contribution < 1.29 is 9.26 Å². The van der Waals surface area contributed by atoms with Gasteiger partial charge < -0.3 is 15.0 Å². The van der Waals surface area contributed by atoms with Crippen molar-refractivity contribution >= 4 is 0 Å². The maximum absolute atomic E-state index is 5.54. The second-order valence-electron chi connectivity index (χ2n) is 2.89. The summed E-state index contributed by atoms with van der Waals surface area (Å²) in [7, 11) is 0. The number of ether oxygens (including phenoxy) is 1. The Morgan fingerprint density at radius 1 is 1.62 bits per heavy atom. The molecule has 0 aliphatic carbocycles. The molecule has 0 saturated carbocycles. The molecule has 0 radical (unpaired) electrons. The fourth-order valence-corrected chi connectivity index (χ4v) is 0.819. The molecule has 0 spiro atoms. The highest BCUT2D eigenvalue weighted by Gasteiger charge is 2.09. The summed E-state index contributed by atoms with van der Waals surface area (Å²) in [4.78, 5) is 4.05. The van der Waals surface area contributed by atoms with E-state index >= 15 is 0 Å². The van der Waals surface area contributed by atoms with Crippen LogP contribution in [0.25, 0.3) is 0 Å². The summed E-state index contributed by atoms with van der Waals surface area (Å²) >= 11 is 0. The topological polar surface area (TPSA) is 74.2 Å². The Morgan fingerprint density at radius 2 is 2.38 bits per heavy atom. The van der Waals surface area contributed by atoms with Crippen molar-refractivity contribution in [2.24, 2.45) is 5.73 Å². The molecule has 0 amide bonds. The average Bonchev–Trinajstić information content (AvgIpc) is 2.53. The molecule has 0 unspecified atom stereocenters. The van der Waals surface area contributed by atoms with Crippen LogP contribution < -0.4 is 5.73 Å². The highest BCUT2D eigenvalue weighted by Crippen LogP contribution is 2.06. The summed E-state index contributed by atoms with van der Waals surface area (Å²) < 4.78 is 10.1. The first-order chi connectivity index (χ1) is 6.24. The van der Waals surface area contributed by atoms with E-state index in [4.69, 9.17) is 15.0 Å². The second kappa shape index (κ2) is 4.94. The predicted molar refractivity (Wildman–Crippen MR) is 46.8 cm³/mol. The first kappa shape index (κ1) is 10.1. The number of rotatable bonds is 5. The summed E-state index contributed by atoms with van der Waals surface area (Å²) in [5.41, 5.74) is 5.54. The minimum atomic E-state index is -0.215. The normalized spacial score (nSPS) is 13.2. The highest BCUT2D eigenvalue weighted by molar-refractivity contribution is 4.88. The maximum Gasteiger partial charge on any atom is 0.243 e. The Kier molecular flexibility index (Phi) is 3.85. The minimum Gasteiger partial charge on any atom is -0.373 e.